The molecule has 0 spiro atoms. The number of aliphatic imine (C=N–C) groups is 1. The molecule has 4 heteroatoms. The van der Waals surface area contributed by atoms with E-state index in [4.69, 9.17) is 4.74 Å². The van der Waals surface area contributed by atoms with Gasteiger partial charge in [0.05, 0.1) is 18.0 Å². The topological polar surface area (TPSA) is 54.7 Å². The molecular weight excluding hydrogens is 264 g/mol. The summed E-state index contributed by atoms with van der Waals surface area (Å²) < 4.78 is 5.49. The fraction of sp³-hybridized carbons (Fsp3) is 0.529. The number of hydrogen-bond donors (Lipinski definition) is 1. The lowest BCUT2D eigenvalue weighted by atomic mass is 9.86. The lowest BCUT2D eigenvalue weighted by Gasteiger charge is -2.21. The van der Waals surface area contributed by atoms with Crippen molar-refractivity contribution >= 4 is 11.9 Å². The Balaban J connectivity index is 1.80. The molecule has 4 nitrogen and oxygen atoms in total. The average molecular weight is 286 g/mol. The van der Waals surface area contributed by atoms with Gasteiger partial charge in [-0.2, -0.15) is 0 Å². The molecule has 2 aliphatic rings. The van der Waals surface area contributed by atoms with Gasteiger partial charge in [0.2, 0.25) is 0 Å². The van der Waals surface area contributed by atoms with Crippen molar-refractivity contribution in [2.24, 2.45) is 16.8 Å². The van der Waals surface area contributed by atoms with Gasteiger partial charge in [-0.25, -0.2) is 0 Å². The normalized spacial score (nSPS) is 26.0. The lowest BCUT2D eigenvalue weighted by Crippen LogP contribution is -2.17. The molecule has 0 aromatic carbocycles. The molecule has 1 aromatic heterocycles. The van der Waals surface area contributed by atoms with Gasteiger partial charge in [0.25, 0.3) is 0 Å². The molecule has 1 aromatic rings. The molecule has 2 atom stereocenters. The third kappa shape index (κ3) is 3.22. The zero-order valence-corrected chi connectivity index (χ0v) is 12.6. The SMILES string of the molecule is CC(C)(O)c1ccc(C2=C[C@@H](C3CCOC3)CC=N2)cn1. The van der Waals surface area contributed by atoms with Gasteiger partial charge < -0.3 is 9.84 Å². The molecule has 0 aliphatic carbocycles. The van der Waals surface area contributed by atoms with E-state index in [1.165, 1.54) is 0 Å². The molecule has 112 valence electrons. The van der Waals surface area contributed by atoms with Crippen LogP contribution in [0.3, 0.4) is 0 Å². The van der Waals surface area contributed by atoms with Crippen LogP contribution < -0.4 is 0 Å². The number of nitrogens with zero attached hydrogens (tertiary/aromatic N) is 2. The second kappa shape index (κ2) is 5.70. The molecule has 1 fully saturated rings. The Hall–Kier alpha value is -1.52. The molecule has 1 unspecified atom stereocenters. The smallest absolute Gasteiger partial charge is 0.101 e. The van der Waals surface area contributed by atoms with Crippen molar-refractivity contribution in [3.05, 3.63) is 35.7 Å². The summed E-state index contributed by atoms with van der Waals surface area (Å²) in [5.41, 5.74) is 1.75. The standard InChI is InChI=1S/C17H22N2O2/c1-17(2,20)16-4-3-13(10-19-16)15-9-12(5-7-18-15)14-6-8-21-11-14/h3-4,7,9-10,12,14,20H,5-6,8,11H2,1-2H3/t12-,14?/m0/s1. The van der Waals surface area contributed by atoms with Crippen LogP contribution in [0.2, 0.25) is 0 Å². The van der Waals surface area contributed by atoms with Gasteiger partial charge in [-0.15, -0.1) is 0 Å². The number of aliphatic hydroxyl groups is 1. The highest BCUT2D eigenvalue weighted by Gasteiger charge is 2.26. The van der Waals surface area contributed by atoms with Crippen molar-refractivity contribution in [3.8, 4) is 0 Å². The first-order valence-electron chi connectivity index (χ1n) is 7.55. The summed E-state index contributed by atoms with van der Waals surface area (Å²) in [4.78, 5) is 8.86. The van der Waals surface area contributed by atoms with Gasteiger partial charge in [0.1, 0.15) is 5.60 Å². The highest BCUT2D eigenvalue weighted by atomic mass is 16.5. The average Bonchev–Trinajstić information content (AvgIpc) is 3.01. The molecule has 3 rings (SSSR count). The van der Waals surface area contributed by atoms with E-state index in [1.807, 2.05) is 18.3 Å². The fourth-order valence-corrected chi connectivity index (χ4v) is 2.88. The van der Waals surface area contributed by atoms with Gasteiger partial charge >= 0.3 is 0 Å². The van der Waals surface area contributed by atoms with Crippen LogP contribution in [0.1, 0.15) is 37.9 Å². The first kappa shape index (κ1) is 14.4. The number of allylic oxidation sites excluding steroid dienone is 1. The van der Waals surface area contributed by atoms with Crippen LogP contribution in [0.25, 0.3) is 5.70 Å². The summed E-state index contributed by atoms with van der Waals surface area (Å²) in [7, 11) is 0. The first-order chi connectivity index (χ1) is 10.0. The summed E-state index contributed by atoms with van der Waals surface area (Å²) in [6.07, 6.45) is 8.18. The van der Waals surface area contributed by atoms with E-state index in [0.717, 1.165) is 37.3 Å². The van der Waals surface area contributed by atoms with E-state index in [-0.39, 0.29) is 0 Å². The quantitative estimate of drug-likeness (QED) is 0.929. The first-order valence-corrected chi connectivity index (χ1v) is 7.55. The minimum absolute atomic E-state index is 0.508. The Morgan fingerprint density at radius 2 is 2.19 bits per heavy atom. The number of rotatable bonds is 3. The minimum Gasteiger partial charge on any atom is -0.384 e. The second-order valence-electron chi connectivity index (χ2n) is 6.38. The van der Waals surface area contributed by atoms with Crippen LogP contribution in [0.4, 0.5) is 0 Å². The largest absolute Gasteiger partial charge is 0.384 e. The molecule has 21 heavy (non-hydrogen) atoms. The Morgan fingerprint density at radius 1 is 1.33 bits per heavy atom. The Kier molecular flexibility index (Phi) is 3.91. The molecule has 1 saturated heterocycles. The van der Waals surface area contributed by atoms with Crippen LogP contribution in [0.5, 0.6) is 0 Å². The molecular formula is C17H22N2O2. The van der Waals surface area contributed by atoms with Crippen molar-refractivity contribution in [1.82, 2.24) is 4.98 Å². The van der Waals surface area contributed by atoms with Crippen molar-refractivity contribution in [2.75, 3.05) is 13.2 Å². The Bertz CT molecular complexity index is 549. The summed E-state index contributed by atoms with van der Waals surface area (Å²) in [5, 5.41) is 9.96. The van der Waals surface area contributed by atoms with Crippen LogP contribution >= 0.6 is 0 Å². The Labute approximate surface area is 125 Å². The zero-order chi connectivity index (χ0) is 14.9. The fourth-order valence-electron chi connectivity index (χ4n) is 2.88. The van der Waals surface area contributed by atoms with Crippen molar-refractivity contribution in [3.63, 3.8) is 0 Å². The van der Waals surface area contributed by atoms with Crippen LogP contribution in [-0.4, -0.2) is 29.5 Å². The van der Waals surface area contributed by atoms with Crippen molar-refractivity contribution < 1.29 is 9.84 Å². The Morgan fingerprint density at radius 3 is 2.81 bits per heavy atom. The monoisotopic (exact) mass is 286 g/mol. The summed E-state index contributed by atoms with van der Waals surface area (Å²) in [5.74, 6) is 1.12. The minimum atomic E-state index is -0.910. The van der Waals surface area contributed by atoms with Crippen molar-refractivity contribution in [2.45, 2.75) is 32.3 Å². The number of aromatic nitrogens is 1. The van der Waals surface area contributed by atoms with Crippen molar-refractivity contribution in [1.29, 1.82) is 0 Å². The molecule has 0 bridgehead atoms. The van der Waals surface area contributed by atoms with Crippen LogP contribution in [-0.2, 0) is 10.3 Å². The molecule has 0 amide bonds. The van der Waals surface area contributed by atoms with Gasteiger partial charge in [0.15, 0.2) is 0 Å². The van der Waals surface area contributed by atoms with E-state index in [9.17, 15) is 5.11 Å². The van der Waals surface area contributed by atoms with Gasteiger partial charge in [-0.1, -0.05) is 6.08 Å². The maximum absolute atomic E-state index is 9.96. The van der Waals surface area contributed by atoms with E-state index >= 15 is 0 Å². The summed E-state index contributed by atoms with van der Waals surface area (Å²) >= 11 is 0. The maximum Gasteiger partial charge on any atom is 0.101 e. The lowest BCUT2D eigenvalue weighted by molar-refractivity contribution is 0.0738. The summed E-state index contributed by atoms with van der Waals surface area (Å²) in [6, 6.07) is 3.85. The zero-order valence-electron chi connectivity index (χ0n) is 12.6. The number of hydrogen-bond acceptors (Lipinski definition) is 4. The van der Waals surface area contributed by atoms with E-state index in [2.05, 4.69) is 16.1 Å². The van der Waals surface area contributed by atoms with Crippen LogP contribution in [0, 0.1) is 11.8 Å². The molecule has 0 radical (unpaired) electrons. The van der Waals surface area contributed by atoms with Crippen LogP contribution in [0.15, 0.2) is 29.4 Å². The molecule has 1 N–H and O–H groups in total. The van der Waals surface area contributed by atoms with E-state index in [1.54, 1.807) is 20.0 Å². The molecule has 0 saturated carbocycles. The number of pyridine rings is 1. The molecule has 2 aliphatic heterocycles. The van der Waals surface area contributed by atoms with Gasteiger partial charge in [-0.05, 0) is 50.7 Å². The highest BCUT2D eigenvalue weighted by molar-refractivity contribution is 5.76. The van der Waals surface area contributed by atoms with Gasteiger partial charge in [-0.3, -0.25) is 9.98 Å². The van der Waals surface area contributed by atoms with Gasteiger partial charge in [0, 0.05) is 24.6 Å². The summed E-state index contributed by atoms with van der Waals surface area (Å²) in [6.45, 7) is 5.22. The third-order valence-electron chi connectivity index (χ3n) is 4.24. The highest BCUT2D eigenvalue weighted by Crippen LogP contribution is 2.31. The predicted molar refractivity (Wildman–Crippen MR) is 83.0 cm³/mol. The predicted octanol–water partition coefficient (Wildman–Crippen LogP) is 2.78. The molecule has 3 heterocycles. The van der Waals surface area contributed by atoms with E-state index < -0.39 is 5.60 Å². The number of ether oxygens (including phenoxy) is 1. The second-order valence-corrected chi connectivity index (χ2v) is 6.38. The van der Waals surface area contributed by atoms with E-state index in [0.29, 0.717) is 17.5 Å². The third-order valence-corrected chi connectivity index (χ3v) is 4.24. The maximum atomic E-state index is 9.96.